The Morgan fingerprint density at radius 2 is 1.77 bits per heavy atom. The van der Waals surface area contributed by atoms with Gasteiger partial charge in [0.1, 0.15) is 11.5 Å². The number of hydrogen-bond acceptors (Lipinski definition) is 5. The van der Waals surface area contributed by atoms with Crippen LogP contribution in [0.3, 0.4) is 0 Å². The molecule has 140 valence electrons. The molecule has 0 aliphatic carbocycles. The third kappa shape index (κ3) is 4.23. The summed E-state index contributed by atoms with van der Waals surface area (Å²) >= 11 is 6.30. The summed E-state index contributed by atoms with van der Waals surface area (Å²) in [7, 11) is 3.23. The van der Waals surface area contributed by atoms with E-state index in [-0.39, 0.29) is 0 Å². The summed E-state index contributed by atoms with van der Waals surface area (Å²) in [5, 5.41) is 11.5. The Labute approximate surface area is 159 Å². The lowest BCUT2D eigenvalue weighted by Gasteiger charge is -2.37. The van der Waals surface area contributed by atoms with Crippen LogP contribution in [0.25, 0.3) is 0 Å². The fraction of sp³-hybridized carbons (Fsp3) is 0.400. The van der Waals surface area contributed by atoms with Crippen molar-refractivity contribution in [2.75, 3.05) is 51.8 Å². The van der Waals surface area contributed by atoms with E-state index in [1.165, 1.54) is 0 Å². The number of aliphatic hydroxyl groups is 1. The number of benzene rings is 2. The van der Waals surface area contributed by atoms with Crippen LogP contribution in [-0.2, 0) is 0 Å². The summed E-state index contributed by atoms with van der Waals surface area (Å²) in [5.41, 5.74) is 1.82. The number of rotatable bonds is 6. The minimum Gasteiger partial charge on any atom is -0.497 e. The van der Waals surface area contributed by atoms with Crippen LogP contribution in [0.15, 0.2) is 42.5 Å². The maximum absolute atomic E-state index is 10.7. The number of aliphatic hydroxyl groups excluding tert-OH is 1. The molecule has 0 spiro atoms. The zero-order valence-corrected chi connectivity index (χ0v) is 15.9. The largest absolute Gasteiger partial charge is 0.497 e. The van der Waals surface area contributed by atoms with E-state index in [0.29, 0.717) is 18.0 Å². The van der Waals surface area contributed by atoms with Gasteiger partial charge < -0.3 is 19.5 Å². The molecule has 0 amide bonds. The summed E-state index contributed by atoms with van der Waals surface area (Å²) < 4.78 is 10.7. The second kappa shape index (κ2) is 8.62. The van der Waals surface area contributed by atoms with Crippen LogP contribution in [0.1, 0.15) is 11.7 Å². The fourth-order valence-corrected chi connectivity index (χ4v) is 3.58. The number of methoxy groups -OCH3 is 2. The quantitative estimate of drug-likeness (QED) is 0.838. The maximum atomic E-state index is 10.7. The standard InChI is InChI=1S/C20H25ClN2O3/c1-25-15-7-8-20(26-2)16(13-15)19(24)14-22-9-11-23(12-10-22)18-6-4-3-5-17(18)21/h3-8,13,19,24H,9-12,14H2,1-2H3/t19-/m0/s1. The van der Waals surface area contributed by atoms with Gasteiger partial charge in [0.05, 0.1) is 31.0 Å². The molecule has 2 aromatic carbocycles. The molecule has 1 aliphatic rings. The molecule has 5 nitrogen and oxygen atoms in total. The van der Waals surface area contributed by atoms with Crippen LogP contribution >= 0.6 is 11.6 Å². The Morgan fingerprint density at radius 1 is 1.04 bits per heavy atom. The number of anilines is 1. The van der Waals surface area contributed by atoms with Gasteiger partial charge in [0.15, 0.2) is 0 Å². The van der Waals surface area contributed by atoms with Gasteiger partial charge in [-0.1, -0.05) is 23.7 Å². The van der Waals surface area contributed by atoms with Crippen molar-refractivity contribution in [2.24, 2.45) is 0 Å². The molecule has 26 heavy (non-hydrogen) atoms. The van der Waals surface area contributed by atoms with Crippen LogP contribution in [0.5, 0.6) is 11.5 Å². The lowest BCUT2D eigenvalue weighted by atomic mass is 10.1. The Bertz CT molecular complexity index is 733. The second-order valence-electron chi connectivity index (χ2n) is 6.36. The predicted octanol–water partition coefficient (Wildman–Crippen LogP) is 3.21. The molecule has 2 aromatic rings. The van der Waals surface area contributed by atoms with Crippen LogP contribution in [0.2, 0.25) is 5.02 Å². The van der Waals surface area contributed by atoms with Gasteiger partial charge in [0.2, 0.25) is 0 Å². The zero-order valence-electron chi connectivity index (χ0n) is 15.2. The highest BCUT2D eigenvalue weighted by atomic mass is 35.5. The van der Waals surface area contributed by atoms with E-state index < -0.39 is 6.10 Å². The fourth-order valence-electron chi connectivity index (χ4n) is 3.32. The Morgan fingerprint density at radius 3 is 2.42 bits per heavy atom. The molecule has 0 unspecified atom stereocenters. The molecule has 0 aromatic heterocycles. The van der Waals surface area contributed by atoms with Crippen molar-refractivity contribution in [1.82, 2.24) is 4.90 Å². The average Bonchev–Trinajstić information content (AvgIpc) is 2.68. The van der Waals surface area contributed by atoms with E-state index in [9.17, 15) is 5.11 Å². The molecule has 1 N–H and O–H groups in total. The van der Waals surface area contributed by atoms with Crippen molar-refractivity contribution in [2.45, 2.75) is 6.10 Å². The molecular weight excluding hydrogens is 352 g/mol. The minimum atomic E-state index is -0.632. The summed E-state index contributed by atoms with van der Waals surface area (Å²) in [6.45, 7) is 4.06. The number of halogens is 1. The van der Waals surface area contributed by atoms with Crippen molar-refractivity contribution in [3.8, 4) is 11.5 Å². The highest BCUT2D eigenvalue weighted by Crippen LogP contribution is 2.31. The Balaban J connectivity index is 1.62. The van der Waals surface area contributed by atoms with Gasteiger partial charge in [-0.05, 0) is 30.3 Å². The van der Waals surface area contributed by atoms with Crippen molar-refractivity contribution in [3.63, 3.8) is 0 Å². The topological polar surface area (TPSA) is 45.2 Å². The van der Waals surface area contributed by atoms with E-state index in [0.717, 1.165) is 42.5 Å². The molecule has 1 heterocycles. The van der Waals surface area contributed by atoms with Gasteiger partial charge in [-0.15, -0.1) is 0 Å². The van der Waals surface area contributed by atoms with Crippen LogP contribution < -0.4 is 14.4 Å². The number of para-hydroxylation sites is 1. The molecule has 0 saturated carbocycles. The number of ether oxygens (including phenoxy) is 2. The Hall–Kier alpha value is -1.95. The molecule has 0 bridgehead atoms. The van der Waals surface area contributed by atoms with Gasteiger partial charge in [-0.3, -0.25) is 4.90 Å². The zero-order chi connectivity index (χ0) is 18.5. The molecule has 1 aliphatic heterocycles. The molecular formula is C20H25ClN2O3. The monoisotopic (exact) mass is 376 g/mol. The number of β-amino-alcohol motifs (C(OH)–C–C–N with tert-alkyl or cyclic N) is 1. The number of piperazine rings is 1. The number of nitrogens with zero attached hydrogens (tertiary/aromatic N) is 2. The lowest BCUT2D eigenvalue weighted by molar-refractivity contribution is 0.107. The average molecular weight is 377 g/mol. The Kier molecular flexibility index (Phi) is 6.25. The smallest absolute Gasteiger partial charge is 0.124 e. The van der Waals surface area contributed by atoms with E-state index in [1.54, 1.807) is 14.2 Å². The van der Waals surface area contributed by atoms with Gasteiger partial charge in [0.25, 0.3) is 0 Å². The summed E-state index contributed by atoms with van der Waals surface area (Å²) in [6.07, 6.45) is -0.632. The van der Waals surface area contributed by atoms with E-state index in [4.69, 9.17) is 21.1 Å². The third-order valence-corrected chi connectivity index (χ3v) is 5.11. The molecule has 1 fully saturated rings. The van der Waals surface area contributed by atoms with Crippen molar-refractivity contribution in [3.05, 3.63) is 53.1 Å². The normalized spacial score (nSPS) is 16.4. The SMILES string of the molecule is COc1ccc(OC)c([C@@H](O)CN2CCN(c3ccccc3Cl)CC2)c1. The van der Waals surface area contributed by atoms with E-state index >= 15 is 0 Å². The maximum Gasteiger partial charge on any atom is 0.124 e. The van der Waals surface area contributed by atoms with Crippen molar-refractivity contribution >= 4 is 17.3 Å². The second-order valence-corrected chi connectivity index (χ2v) is 6.77. The molecule has 6 heteroatoms. The third-order valence-electron chi connectivity index (χ3n) is 4.79. The highest BCUT2D eigenvalue weighted by molar-refractivity contribution is 6.33. The molecule has 1 saturated heterocycles. The first-order valence-corrected chi connectivity index (χ1v) is 9.12. The lowest BCUT2D eigenvalue weighted by Crippen LogP contribution is -2.47. The summed E-state index contributed by atoms with van der Waals surface area (Å²) in [4.78, 5) is 4.55. The van der Waals surface area contributed by atoms with Gasteiger partial charge in [-0.2, -0.15) is 0 Å². The molecule has 3 rings (SSSR count). The van der Waals surface area contributed by atoms with Crippen LogP contribution in [0.4, 0.5) is 5.69 Å². The number of hydrogen-bond donors (Lipinski definition) is 1. The van der Waals surface area contributed by atoms with Crippen molar-refractivity contribution in [1.29, 1.82) is 0 Å². The first-order valence-electron chi connectivity index (χ1n) is 8.74. The molecule has 0 radical (unpaired) electrons. The predicted molar refractivity (Wildman–Crippen MR) is 105 cm³/mol. The van der Waals surface area contributed by atoms with Crippen LogP contribution in [-0.4, -0.2) is 56.9 Å². The molecule has 1 atom stereocenters. The van der Waals surface area contributed by atoms with Crippen LogP contribution in [0, 0.1) is 0 Å². The van der Waals surface area contributed by atoms with Gasteiger partial charge in [0, 0.05) is 38.3 Å². The van der Waals surface area contributed by atoms with E-state index in [1.807, 2.05) is 42.5 Å². The van der Waals surface area contributed by atoms with E-state index in [2.05, 4.69) is 9.80 Å². The highest BCUT2D eigenvalue weighted by Gasteiger charge is 2.23. The van der Waals surface area contributed by atoms with Crippen molar-refractivity contribution < 1.29 is 14.6 Å². The summed E-state index contributed by atoms with van der Waals surface area (Å²) in [6, 6.07) is 13.4. The first kappa shape index (κ1) is 18.8. The van der Waals surface area contributed by atoms with Gasteiger partial charge in [-0.25, -0.2) is 0 Å². The van der Waals surface area contributed by atoms with Gasteiger partial charge >= 0.3 is 0 Å². The first-order chi connectivity index (χ1) is 12.6. The summed E-state index contributed by atoms with van der Waals surface area (Å²) in [5.74, 6) is 1.39. The minimum absolute atomic E-state index is 0.555.